The predicted octanol–water partition coefficient (Wildman–Crippen LogP) is 4.18. The van der Waals surface area contributed by atoms with Crippen LogP contribution in [0.25, 0.3) is 5.69 Å². The standard InChI is InChI=1S/C23H21FN4O2/c1-16-13-19(14-26-27-23(29)11-12-25)17(2)28(16)20-7-9-21(10-8-20)30-15-18-5-3-4-6-22(18)24/h3-10,13-14H,11,15H2,1-2H3,(H,27,29). The van der Waals surface area contributed by atoms with Crippen molar-refractivity contribution in [1.29, 1.82) is 5.26 Å². The highest BCUT2D eigenvalue weighted by Crippen LogP contribution is 2.23. The molecular weight excluding hydrogens is 383 g/mol. The highest BCUT2D eigenvalue weighted by molar-refractivity contribution is 5.84. The lowest BCUT2D eigenvalue weighted by Crippen LogP contribution is -2.16. The second kappa shape index (κ2) is 9.52. The monoisotopic (exact) mass is 404 g/mol. The summed E-state index contributed by atoms with van der Waals surface area (Å²) in [5.41, 5.74) is 6.57. The quantitative estimate of drug-likeness (QED) is 0.474. The summed E-state index contributed by atoms with van der Waals surface area (Å²) in [6.07, 6.45) is 1.32. The number of amides is 1. The van der Waals surface area contributed by atoms with E-state index in [1.807, 2.05) is 44.2 Å². The Balaban J connectivity index is 1.71. The second-order valence-electron chi connectivity index (χ2n) is 6.66. The highest BCUT2D eigenvalue weighted by Gasteiger charge is 2.10. The SMILES string of the molecule is Cc1cc(C=NNC(=O)CC#N)c(C)n1-c1ccc(OCc2ccccc2F)cc1. The molecule has 0 saturated heterocycles. The van der Waals surface area contributed by atoms with Gasteiger partial charge in [0.25, 0.3) is 5.91 Å². The summed E-state index contributed by atoms with van der Waals surface area (Å²) >= 11 is 0. The van der Waals surface area contributed by atoms with Gasteiger partial charge in [0.1, 0.15) is 24.6 Å². The van der Waals surface area contributed by atoms with Gasteiger partial charge in [0, 0.05) is 28.2 Å². The summed E-state index contributed by atoms with van der Waals surface area (Å²) < 4.78 is 21.5. The number of rotatable bonds is 7. The van der Waals surface area contributed by atoms with Crippen LogP contribution in [0.1, 0.15) is 28.9 Å². The molecule has 3 aromatic rings. The third kappa shape index (κ3) is 4.92. The molecule has 0 radical (unpaired) electrons. The maximum atomic E-state index is 13.7. The van der Waals surface area contributed by atoms with Crippen molar-refractivity contribution < 1.29 is 13.9 Å². The number of carbonyl (C=O) groups excluding carboxylic acids is 1. The molecule has 3 rings (SSSR count). The number of aromatic nitrogens is 1. The molecule has 1 N–H and O–H groups in total. The number of aryl methyl sites for hydroxylation is 1. The van der Waals surface area contributed by atoms with E-state index in [4.69, 9.17) is 10.00 Å². The van der Waals surface area contributed by atoms with Gasteiger partial charge in [-0.3, -0.25) is 4.79 Å². The number of hydrogen-bond acceptors (Lipinski definition) is 4. The van der Waals surface area contributed by atoms with Gasteiger partial charge in [-0.05, 0) is 50.2 Å². The zero-order valence-electron chi connectivity index (χ0n) is 16.7. The van der Waals surface area contributed by atoms with E-state index in [9.17, 15) is 9.18 Å². The Morgan fingerprint density at radius 1 is 1.23 bits per heavy atom. The summed E-state index contributed by atoms with van der Waals surface area (Å²) in [5, 5.41) is 12.4. The van der Waals surface area contributed by atoms with Crippen molar-refractivity contribution in [2.45, 2.75) is 26.9 Å². The van der Waals surface area contributed by atoms with Crippen LogP contribution in [0.15, 0.2) is 59.7 Å². The topological polar surface area (TPSA) is 79.4 Å². The molecule has 0 aliphatic heterocycles. The second-order valence-corrected chi connectivity index (χ2v) is 6.66. The first-order valence-electron chi connectivity index (χ1n) is 9.34. The highest BCUT2D eigenvalue weighted by atomic mass is 19.1. The fourth-order valence-electron chi connectivity index (χ4n) is 3.07. The van der Waals surface area contributed by atoms with Crippen LogP contribution in [0, 0.1) is 31.0 Å². The number of nitrogens with zero attached hydrogens (tertiary/aromatic N) is 3. The Kier molecular flexibility index (Phi) is 6.60. The number of carbonyl (C=O) groups is 1. The zero-order valence-corrected chi connectivity index (χ0v) is 16.7. The Morgan fingerprint density at radius 3 is 2.67 bits per heavy atom. The lowest BCUT2D eigenvalue weighted by molar-refractivity contribution is -0.120. The van der Waals surface area contributed by atoms with Gasteiger partial charge < -0.3 is 9.30 Å². The van der Waals surface area contributed by atoms with E-state index in [1.54, 1.807) is 30.5 Å². The summed E-state index contributed by atoms with van der Waals surface area (Å²) in [6, 6.07) is 17.8. The fourth-order valence-corrected chi connectivity index (χ4v) is 3.07. The maximum absolute atomic E-state index is 13.7. The molecule has 152 valence electrons. The molecule has 7 heteroatoms. The molecule has 0 bridgehead atoms. The molecule has 0 aliphatic carbocycles. The molecular formula is C23H21FN4O2. The number of benzene rings is 2. The van der Waals surface area contributed by atoms with Crippen LogP contribution in [0.2, 0.25) is 0 Å². The molecule has 0 fully saturated rings. The van der Waals surface area contributed by atoms with E-state index in [0.717, 1.165) is 22.6 Å². The number of nitriles is 1. The van der Waals surface area contributed by atoms with Crippen molar-refractivity contribution in [3.8, 4) is 17.5 Å². The van der Waals surface area contributed by atoms with Gasteiger partial charge in [-0.15, -0.1) is 0 Å². The third-order valence-corrected chi connectivity index (χ3v) is 4.55. The summed E-state index contributed by atoms with van der Waals surface area (Å²) in [7, 11) is 0. The predicted molar refractivity (Wildman–Crippen MR) is 112 cm³/mol. The minimum atomic E-state index is -0.450. The smallest absolute Gasteiger partial charge is 0.254 e. The summed E-state index contributed by atoms with van der Waals surface area (Å²) in [6.45, 7) is 4.08. The van der Waals surface area contributed by atoms with Gasteiger partial charge >= 0.3 is 0 Å². The number of nitrogens with one attached hydrogen (secondary N) is 1. The molecule has 1 heterocycles. The van der Waals surface area contributed by atoms with Crippen LogP contribution >= 0.6 is 0 Å². The van der Waals surface area contributed by atoms with Crippen LogP contribution in [0.5, 0.6) is 5.75 Å². The molecule has 1 aromatic heterocycles. The Labute approximate surface area is 174 Å². The number of hydrazone groups is 1. The van der Waals surface area contributed by atoms with E-state index >= 15 is 0 Å². The number of ether oxygens (including phenoxy) is 1. The van der Waals surface area contributed by atoms with Crippen molar-refractivity contribution in [2.75, 3.05) is 0 Å². The number of hydrogen-bond donors (Lipinski definition) is 1. The molecule has 0 unspecified atom stereocenters. The Bertz CT molecular complexity index is 1110. The van der Waals surface area contributed by atoms with E-state index in [2.05, 4.69) is 15.1 Å². The first-order chi connectivity index (χ1) is 14.5. The van der Waals surface area contributed by atoms with Gasteiger partial charge in [0.05, 0.1) is 12.3 Å². The molecule has 0 saturated carbocycles. The van der Waals surface area contributed by atoms with Crippen LogP contribution in [-0.4, -0.2) is 16.7 Å². The Morgan fingerprint density at radius 2 is 1.97 bits per heavy atom. The molecule has 0 spiro atoms. The van der Waals surface area contributed by atoms with Gasteiger partial charge in [0.15, 0.2) is 0 Å². The summed E-state index contributed by atoms with van der Waals surface area (Å²) in [4.78, 5) is 11.3. The molecule has 2 aromatic carbocycles. The Hall–Kier alpha value is -3.92. The minimum Gasteiger partial charge on any atom is -0.489 e. The van der Waals surface area contributed by atoms with E-state index in [-0.39, 0.29) is 18.8 Å². The minimum absolute atomic E-state index is 0.158. The fraction of sp³-hybridized carbons (Fsp3) is 0.174. The lowest BCUT2D eigenvalue weighted by atomic mass is 10.2. The largest absolute Gasteiger partial charge is 0.489 e. The maximum Gasteiger partial charge on any atom is 0.254 e. The van der Waals surface area contributed by atoms with Gasteiger partial charge in [-0.2, -0.15) is 10.4 Å². The molecule has 0 aliphatic rings. The van der Waals surface area contributed by atoms with Crippen molar-refractivity contribution in [3.63, 3.8) is 0 Å². The normalized spacial score (nSPS) is 10.7. The van der Waals surface area contributed by atoms with Crippen molar-refractivity contribution in [3.05, 3.63) is 82.9 Å². The van der Waals surface area contributed by atoms with Crippen LogP contribution in [0.3, 0.4) is 0 Å². The van der Waals surface area contributed by atoms with Gasteiger partial charge in [0.2, 0.25) is 0 Å². The van der Waals surface area contributed by atoms with Gasteiger partial charge in [-0.25, -0.2) is 9.82 Å². The zero-order chi connectivity index (χ0) is 21.5. The molecule has 6 nitrogen and oxygen atoms in total. The lowest BCUT2D eigenvalue weighted by Gasteiger charge is -2.12. The van der Waals surface area contributed by atoms with Crippen molar-refractivity contribution >= 4 is 12.1 Å². The van der Waals surface area contributed by atoms with E-state index in [0.29, 0.717) is 11.3 Å². The van der Waals surface area contributed by atoms with Gasteiger partial charge in [-0.1, -0.05) is 18.2 Å². The molecule has 0 atom stereocenters. The molecule has 30 heavy (non-hydrogen) atoms. The molecule has 1 amide bonds. The third-order valence-electron chi connectivity index (χ3n) is 4.55. The first-order valence-corrected chi connectivity index (χ1v) is 9.34. The van der Waals surface area contributed by atoms with Crippen LogP contribution in [-0.2, 0) is 11.4 Å². The first kappa shape index (κ1) is 20.8. The van der Waals surface area contributed by atoms with Crippen LogP contribution < -0.4 is 10.2 Å². The van der Waals surface area contributed by atoms with Crippen molar-refractivity contribution in [2.24, 2.45) is 5.10 Å². The van der Waals surface area contributed by atoms with Crippen molar-refractivity contribution in [1.82, 2.24) is 9.99 Å². The van der Waals surface area contributed by atoms with Crippen LogP contribution in [0.4, 0.5) is 4.39 Å². The average molecular weight is 404 g/mol. The summed E-state index contributed by atoms with van der Waals surface area (Å²) in [5.74, 6) is -0.0919. The average Bonchev–Trinajstić information content (AvgIpc) is 3.01. The van der Waals surface area contributed by atoms with E-state index in [1.165, 1.54) is 6.07 Å². The number of halogens is 1. The van der Waals surface area contributed by atoms with E-state index < -0.39 is 5.91 Å².